The van der Waals surface area contributed by atoms with Gasteiger partial charge < -0.3 is 10.6 Å². The molecule has 2 atom stereocenters. The number of rotatable bonds is 4. The minimum absolute atomic E-state index is 0.0831. The predicted octanol–water partition coefficient (Wildman–Crippen LogP) is -0.188. The summed E-state index contributed by atoms with van der Waals surface area (Å²) in [5, 5.41) is 11.6. The van der Waals surface area contributed by atoms with Crippen molar-refractivity contribution >= 4 is 17.8 Å². The van der Waals surface area contributed by atoms with Gasteiger partial charge in [0, 0.05) is 18.3 Å². The molecule has 114 valence electrons. The lowest BCUT2D eigenvalue weighted by molar-refractivity contribution is -0.126. The lowest BCUT2D eigenvalue weighted by Gasteiger charge is -2.16. The van der Waals surface area contributed by atoms with Crippen molar-refractivity contribution < 1.29 is 14.4 Å². The van der Waals surface area contributed by atoms with E-state index in [2.05, 4.69) is 21.0 Å². The molecule has 0 unspecified atom stereocenters. The number of carbonyl (C=O) groups is 3. The molecular weight excluding hydrogens is 274 g/mol. The minimum Gasteiger partial charge on any atom is -0.349 e. The third kappa shape index (κ3) is 3.04. The second-order valence-electron chi connectivity index (χ2n) is 5.22. The second kappa shape index (κ2) is 5.55. The SMILES string of the molecule is Cc1nn(C)c(C)c1[C@H](C)NC(=O)C[C@@H]1NC(=O)NC1=O. The lowest BCUT2D eigenvalue weighted by atomic mass is 10.1. The lowest BCUT2D eigenvalue weighted by Crippen LogP contribution is -2.37. The molecule has 1 aliphatic heterocycles. The van der Waals surface area contributed by atoms with Crippen molar-refractivity contribution in [1.82, 2.24) is 25.7 Å². The highest BCUT2D eigenvalue weighted by Crippen LogP contribution is 2.20. The molecule has 1 fully saturated rings. The molecule has 2 heterocycles. The van der Waals surface area contributed by atoms with Crippen molar-refractivity contribution in [2.75, 3.05) is 0 Å². The van der Waals surface area contributed by atoms with Gasteiger partial charge in [-0.1, -0.05) is 0 Å². The third-order valence-corrected chi connectivity index (χ3v) is 3.62. The standard InChI is InChI=1S/C13H19N5O3/c1-6(11-7(2)17-18(4)8(11)3)14-10(19)5-9-12(20)16-13(21)15-9/h6,9H,5H2,1-4H3,(H,14,19)(H2,15,16,20,21)/t6-,9-/m0/s1. The fourth-order valence-corrected chi connectivity index (χ4v) is 2.58. The van der Waals surface area contributed by atoms with Crippen LogP contribution in [0.4, 0.5) is 4.79 Å². The van der Waals surface area contributed by atoms with Crippen LogP contribution in [0.5, 0.6) is 0 Å². The first-order valence-corrected chi connectivity index (χ1v) is 6.70. The van der Waals surface area contributed by atoms with E-state index < -0.39 is 18.0 Å². The first kappa shape index (κ1) is 15.0. The number of hydrogen-bond donors (Lipinski definition) is 3. The van der Waals surface area contributed by atoms with Crippen molar-refractivity contribution in [3.8, 4) is 0 Å². The van der Waals surface area contributed by atoms with E-state index in [1.54, 1.807) is 4.68 Å². The number of aryl methyl sites for hydroxylation is 2. The van der Waals surface area contributed by atoms with Crippen LogP contribution in [-0.4, -0.2) is 33.7 Å². The van der Waals surface area contributed by atoms with Gasteiger partial charge in [-0.05, 0) is 20.8 Å². The summed E-state index contributed by atoms with van der Waals surface area (Å²) in [6.07, 6.45) is -0.0831. The van der Waals surface area contributed by atoms with E-state index in [4.69, 9.17) is 0 Å². The third-order valence-electron chi connectivity index (χ3n) is 3.62. The van der Waals surface area contributed by atoms with Gasteiger partial charge >= 0.3 is 6.03 Å². The number of hydrogen-bond acceptors (Lipinski definition) is 4. The van der Waals surface area contributed by atoms with Crippen LogP contribution in [-0.2, 0) is 16.6 Å². The van der Waals surface area contributed by atoms with Crippen molar-refractivity contribution in [3.63, 3.8) is 0 Å². The number of nitrogens with zero attached hydrogens (tertiary/aromatic N) is 2. The van der Waals surface area contributed by atoms with Gasteiger partial charge in [-0.25, -0.2) is 4.79 Å². The number of imide groups is 1. The molecule has 8 nitrogen and oxygen atoms in total. The van der Waals surface area contributed by atoms with Gasteiger partial charge in [0.15, 0.2) is 0 Å². The summed E-state index contributed by atoms with van der Waals surface area (Å²) < 4.78 is 1.76. The first-order valence-electron chi connectivity index (χ1n) is 6.70. The number of amides is 4. The van der Waals surface area contributed by atoms with Crippen molar-refractivity contribution in [2.24, 2.45) is 7.05 Å². The van der Waals surface area contributed by atoms with Gasteiger partial charge in [0.1, 0.15) is 6.04 Å². The Kier molecular flexibility index (Phi) is 3.97. The fourth-order valence-electron chi connectivity index (χ4n) is 2.58. The van der Waals surface area contributed by atoms with E-state index in [-0.39, 0.29) is 18.4 Å². The average molecular weight is 293 g/mol. The Morgan fingerprint density at radius 3 is 2.57 bits per heavy atom. The Morgan fingerprint density at radius 1 is 1.43 bits per heavy atom. The molecule has 0 radical (unpaired) electrons. The Balaban J connectivity index is 1.99. The molecular formula is C13H19N5O3. The van der Waals surface area contributed by atoms with E-state index in [1.807, 2.05) is 27.8 Å². The largest absolute Gasteiger partial charge is 0.349 e. The zero-order valence-corrected chi connectivity index (χ0v) is 12.5. The molecule has 0 aliphatic carbocycles. The van der Waals surface area contributed by atoms with Crippen LogP contribution >= 0.6 is 0 Å². The number of nitrogens with one attached hydrogen (secondary N) is 3. The molecule has 0 aromatic carbocycles. The zero-order valence-electron chi connectivity index (χ0n) is 12.5. The van der Waals surface area contributed by atoms with Crippen LogP contribution in [0.3, 0.4) is 0 Å². The highest BCUT2D eigenvalue weighted by Gasteiger charge is 2.31. The maximum Gasteiger partial charge on any atom is 0.322 e. The van der Waals surface area contributed by atoms with E-state index in [9.17, 15) is 14.4 Å². The number of carbonyl (C=O) groups excluding carboxylic acids is 3. The molecule has 1 saturated heterocycles. The molecule has 1 aromatic rings. The van der Waals surface area contributed by atoms with Crippen molar-refractivity contribution in [2.45, 2.75) is 39.3 Å². The molecule has 2 rings (SSSR count). The Morgan fingerprint density at radius 2 is 2.10 bits per heavy atom. The van der Waals surface area contributed by atoms with Crippen LogP contribution in [0.2, 0.25) is 0 Å². The van der Waals surface area contributed by atoms with Gasteiger partial charge in [-0.15, -0.1) is 0 Å². The topological polar surface area (TPSA) is 105 Å². The summed E-state index contributed by atoms with van der Waals surface area (Å²) in [5.41, 5.74) is 2.80. The predicted molar refractivity (Wildman–Crippen MR) is 74.3 cm³/mol. The first-order chi connectivity index (χ1) is 9.79. The molecule has 0 spiro atoms. The summed E-state index contributed by atoms with van der Waals surface area (Å²) in [7, 11) is 1.85. The van der Waals surface area contributed by atoms with Gasteiger partial charge in [-0.3, -0.25) is 19.6 Å². The van der Waals surface area contributed by atoms with Crippen molar-refractivity contribution in [3.05, 3.63) is 17.0 Å². The maximum absolute atomic E-state index is 12.0. The smallest absolute Gasteiger partial charge is 0.322 e. The molecule has 4 amide bonds. The molecule has 3 N–H and O–H groups in total. The van der Waals surface area contributed by atoms with E-state index in [0.717, 1.165) is 17.0 Å². The van der Waals surface area contributed by atoms with Crippen molar-refractivity contribution in [1.29, 1.82) is 0 Å². The molecule has 8 heteroatoms. The summed E-state index contributed by atoms with van der Waals surface area (Å²) >= 11 is 0. The quantitative estimate of drug-likeness (QED) is 0.669. The molecule has 21 heavy (non-hydrogen) atoms. The molecule has 0 bridgehead atoms. The van der Waals surface area contributed by atoms with Crippen LogP contribution in [0.1, 0.15) is 36.3 Å². The van der Waals surface area contributed by atoms with Gasteiger partial charge in [0.2, 0.25) is 5.91 Å². The molecule has 0 saturated carbocycles. The normalized spacial score (nSPS) is 19.1. The van der Waals surface area contributed by atoms with Gasteiger partial charge in [-0.2, -0.15) is 5.10 Å². The summed E-state index contributed by atoms with van der Waals surface area (Å²) in [5.74, 6) is -0.774. The molecule has 1 aliphatic rings. The Hall–Kier alpha value is -2.38. The fraction of sp³-hybridized carbons (Fsp3) is 0.538. The second-order valence-corrected chi connectivity index (χ2v) is 5.22. The Bertz CT molecular complexity index is 607. The summed E-state index contributed by atoms with van der Waals surface area (Å²) in [4.78, 5) is 34.4. The number of urea groups is 1. The average Bonchev–Trinajstić information content (AvgIpc) is 2.79. The highest BCUT2D eigenvalue weighted by atomic mass is 16.2. The van der Waals surface area contributed by atoms with E-state index in [0.29, 0.717) is 0 Å². The van der Waals surface area contributed by atoms with E-state index >= 15 is 0 Å². The minimum atomic E-state index is -0.805. The highest BCUT2D eigenvalue weighted by molar-refractivity contribution is 6.05. The maximum atomic E-state index is 12.0. The number of aromatic nitrogens is 2. The van der Waals surface area contributed by atoms with Crippen LogP contribution in [0.15, 0.2) is 0 Å². The van der Waals surface area contributed by atoms with Crippen LogP contribution in [0, 0.1) is 13.8 Å². The Labute approximate surface area is 122 Å². The summed E-state index contributed by atoms with van der Waals surface area (Å²) in [6, 6.07) is -1.59. The van der Waals surface area contributed by atoms with E-state index in [1.165, 1.54) is 0 Å². The zero-order chi connectivity index (χ0) is 15.7. The van der Waals surface area contributed by atoms with Gasteiger partial charge in [0.05, 0.1) is 18.2 Å². The monoisotopic (exact) mass is 293 g/mol. The van der Waals surface area contributed by atoms with Crippen LogP contribution < -0.4 is 16.0 Å². The van der Waals surface area contributed by atoms with Crippen LogP contribution in [0.25, 0.3) is 0 Å². The molecule has 1 aromatic heterocycles. The van der Waals surface area contributed by atoms with Gasteiger partial charge in [0.25, 0.3) is 5.91 Å². The summed E-state index contributed by atoms with van der Waals surface area (Å²) in [6.45, 7) is 5.68.